The molecule has 0 atom stereocenters. The lowest BCUT2D eigenvalue weighted by Gasteiger charge is -2.30. The standard InChI is InChI=1S/C17H18Cl2N4O3S/c18-14-3-2-12(10-15(14)19)11-27(25,26)23-8-4-13(5-9-23)16(24)22-17-20-6-1-7-21-17/h1-3,6-7,10,13H,4-5,8-9,11H2,(H,20,21,22,24). The molecular weight excluding hydrogens is 411 g/mol. The highest BCUT2D eigenvalue weighted by atomic mass is 35.5. The molecule has 0 spiro atoms. The van der Waals surface area contributed by atoms with Crippen LogP contribution in [0.25, 0.3) is 0 Å². The number of piperidine rings is 1. The lowest BCUT2D eigenvalue weighted by atomic mass is 9.97. The molecule has 0 bridgehead atoms. The van der Waals surface area contributed by atoms with Gasteiger partial charge < -0.3 is 0 Å². The Bertz CT molecular complexity index is 917. The summed E-state index contributed by atoms with van der Waals surface area (Å²) in [6, 6.07) is 6.44. The first kappa shape index (κ1) is 20.0. The molecule has 0 saturated carbocycles. The van der Waals surface area contributed by atoms with Gasteiger partial charge in [0.25, 0.3) is 0 Å². The SMILES string of the molecule is O=C(Nc1ncccn1)C1CCN(S(=O)(=O)Cc2ccc(Cl)c(Cl)c2)CC1. The van der Waals surface area contributed by atoms with E-state index in [1.165, 1.54) is 4.31 Å². The van der Waals surface area contributed by atoms with Crippen LogP contribution in [0, 0.1) is 5.92 Å². The second kappa shape index (κ2) is 8.52. The molecule has 0 radical (unpaired) electrons. The Morgan fingerprint density at radius 1 is 1.15 bits per heavy atom. The van der Waals surface area contributed by atoms with E-state index in [9.17, 15) is 13.2 Å². The first-order valence-electron chi connectivity index (χ1n) is 8.35. The van der Waals surface area contributed by atoms with Crippen LogP contribution in [-0.4, -0.2) is 41.7 Å². The van der Waals surface area contributed by atoms with Gasteiger partial charge >= 0.3 is 0 Å². The van der Waals surface area contributed by atoms with Crippen LogP contribution in [0.15, 0.2) is 36.7 Å². The molecule has 1 N–H and O–H groups in total. The van der Waals surface area contributed by atoms with E-state index >= 15 is 0 Å². The summed E-state index contributed by atoms with van der Waals surface area (Å²) in [4.78, 5) is 20.2. The molecule has 3 rings (SSSR count). The average Bonchev–Trinajstić information content (AvgIpc) is 2.65. The molecule has 7 nitrogen and oxygen atoms in total. The van der Waals surface area contributed by atoms with Crippen molar-refractivity contribution in [1.82, 2.24) is 14.3 Å². The molecule has 10 heteroatoms. The number of carbonyl (C=O) groups excluding carboxylic acids is 1. The smallest absolute Gasteiger partial charge is 0.229 e. The number of halogens is 2. The van der Waals surface area contributed by atoms with Crippen LogP contribution in [0.1, 0.15) is 18.4 Å². The van der Waals surface area contributed by atoms with Gasteiger partial charge in [0.2, 0.25) is 21.9 Å². The molecule has 1 amide bonds. The van der Waals surface area contributed by atoms with Crippen LogP contribution in [0.2, 0.25) is 10.0 Å². The number of hydrogen-bond donors (Lipinski definition) is 1. The van der Waals surface area contributed by atoms with Crippen molar-refractivity contribution in [3.8, 4) is 0 Å². The summed E-state index contributed by atoms with van der Waals surface area (Å²) in [6.07, 6.45) is 3.97. The van der Waals surface area contributed by atoms with Gasteiger partial charge in [-0.2, -0.15) is 0 Å². The number of hydrogen-bond acceptors (Lipinski definition) is 5. The number of carbonyl (C=O) groups is 1. The Morgan fingerprint density at radius 2 is 1.81 bits per heavy atom. The molecule has 2 heterocycles. The minimum Gasteiger partial charge on any atom is -0.294 e. The Morgan fingerprint density at radius 3 is 2.44 bits per heavy atom. The molecule has 1 saturated heterocycles. The fourth-order valence-electron chi connectivity index (χ4n) is 2.90. The van der Waals surface area contributed by atoms with Gasteiger partial charge in [0.1, 0.15) is 0 Å². The van der Waals surface area contributed by atoms with E-state index in [1.54, 1.807) is 36.7 Å². The van der Waals surface area contributed by atoms with Crippen molar-refractivity contribution in [2.45, 2.75) is 18.6 Å². The van der Waals surface area contributed by atoms with E-state index in [4.69, 9.17) is 23.2 Å². The van der Waals surface area contributed by atoms with Crippen molar-refractivity contribution >= 4 is 45.1 Å². The molecule has 0 unspecified atom stereocenters. The Hall–Kier alpha value is -1.74. The van der Waals surface area contributed by atoms with Crippen molar-refractivity contribution in [3.63, 3.8) is 0 Å². The predicted molar refractivity (Wildman–Crippen MR) is 104 cm³/mol. The third-order valence-corrected chi connectivity index (χ3v) is 6.94. The van der Waals surface area contributed by atoms with Crippen molar-refractivity contribution in [1.29, 1.82) is 0 Å². The monoisotopic (exact) mass is 428 g/mol. The molecule has 1 fully saturated rings. The fraction of sp³-hybridized carbons (Fsp3) is 0.353. The number of nitrogens with one attached hydrogen (secondary N) is 1. The summed E-state index contributed by atoms with van der Waals surface area (Å²) in [6.45, 7) is 0.578. The van der Waals surface area contributed by atoms with Gasteiger partial charge in [-0.3, -0.25) is 10.1 Å². The number of sulfonamides is 1. The van der Waals surface area contributed by atoms with E-state index in [2.05, 4.69) is 15.3 Å². The van der Waals surface area contributed by atoms with Crippen LogP contribution in [0.5, 0.6) is 0 Å². The summed E-state index contributed by atoms with van der Waals surface area (Å²) in [5.41, 5.74) is 0.575. The maximum absolute atomic E-state index is 12.6. The molecule has 2 aromatic rings. The molecule has 1 aliphatic rings. The topological polar surface area (TPSA) is 92.3 Å². The molecule has 1 aromatic heterocycles. The largest absolute Gasteiger partial charge is 0.294 e. The van der Waals surface area contributed by atoms with Gasteiger partial charge in [0.15, 0.2) is 0 Å². The summed E-state index contributed by atoms with van der Waals surface area (Å²) in [7, 11) is -3.50. The van der Waals surface area contributed by atoms with E-state index in [0.29, 0.717) is 28.5 Å². The minimum absolute atomic E-state index is 0.154. The maximum Gasteiger partial charge on any atom is 0.229 e. The first-order valence-corrected chi connectivity index (χ1v) is 10.7. The average molecular weight is 429 g/mol. The zero-order valence-electron chi connectivity index (χ0n) is 14.3. The van der Waals surface area contributed by atoms with Gasteiger partial charge in [-0.1, -0.05) is 29.3 Å². The van der Waals surface area contributed by atoms with Crippen LogP contribution >= 0.6 is 23.2 Å². The van der Waals surface area contributed by atoms with E-state index < -0.39 is 10.0 Å². The fourth-order valence-corrected chi connectivity index (χ4v) is 4.77. The maximum atomic E-state index is 12.6. The Balaban J connectivity index is 1.57. The van der Waals surface area contributed by atoms with E-state index in [-0.39, 0.29) is 36.6 Å². The van der Waals surface area contributed by atoms with Crippen molar-refractivity contribution in [3.05, 3.63) is 52.3 Å². The zero-order valence-corrected chi connectivity index (χ0v) is 16.6. The first-order chi connectivity index (χ1) is 12.8. The second-order valence-electron chi connectivity index (χ2n) is 6.24. The van der Waals surface area contributed by atoms with Crippen molar-refractivity contribution in [2.24, 2.45) is 5.92 Å². The minimum atomic E-state index is -3.50. The second-order valence-corrected chi connectivity index (χ2v) is 9.02. The van der Waals surface area contributed by atoms with E-state index in [0.717, 1.165) is 0 Å². The number of rotatable bonds is 5. The van der Waals surface area contributed by atoms with Crippen LogP contribution in [0.3, 0.4) is 0 Å². The quantitative estimate of drug-likeness (QED) is 0.789. The van der Waals surface area contributed by atoms with Crippen LogP contribution < -0.4 is 5.32 Å². The molecule has 1 aromatic carbocycles. The zero-order chi connectivity index (χ0) is 19.4. The van der Waals surface area contributed by atoms with Crippen LogP contribution in [0.4, 0.5) is 5.95 Å². The van der Waals surface area contributed by atoms with E-state index in [1.807, 2.05) is 0 Å². The van der Waals surface area contributed by atoms with Gasteiger partial charge in [0, 0.05) is 31.4 Å². The van der Waals surface area contributed by atoms with Crippen molar-refractivity contribution < 1.29 is 13.2 Å². The summed E-state index contributed by atoms with van der Waals surface area (Å²) < 4.78 is 26.7. The van der Waals surface area contributed by atoms with Gasteiger partial charge in [-0.25, -0.2) is 22.7 Å². The lowest BCUT2D eigenvalue weighted by molar-refractivity contribution is -0.121. The number of nitrogens with zero attached hydrogens (tertiary/aromatic N) is 3. The highest BCUT2D eigenvalue weighted by molar-refractivity contribution is 7.88. The summed E-state index contributed by atoms with van der Waals surface area (Å²) in [5, 5.41) is 3.36. The molecular formula is C17H18Cl2N4O3S. The number of benzene rings is 1. The highest BCUT2D eigenvalue weighted by Gasteiger charge is 2.31. The normalized spacial score (nSPS) is 16.2. The predicted octanol–water partition coefficient (Wildman–Crippen LogP) is 2.96. The van der Waals surface area contributed by atoms with Crippen LogP contribution in [-0.2, 0) is 20.6 Å². The Labute approximate surface area is 167 Å². The third kappa shape index (κ3) is 5.16. The van der Waals surface area contributed by atoms with Gasteiger partial charge in [-0.05, 0) is 36.6 Å². The van der Waals surface area contributed by atoms with Crippen molar-refractivity contribution in [2.75, 3.05) is 18.4 Å². The molecule has 27 heavy (non-hydrogen) atoms. The molecule has 1 aliphatic heterocycles. The highest BCUT2D eigenvalue weighted by Crippen LogP contribution is 2.26. The lowest BCUT2D eigenvalue weighted by Crippen LogP contribution is -2.42. The third-order valence-electron chi connectivity index (χ3n) is 4.35. The summed E-state index contributed by atoms with van der Waals surface area (Å²) in [5.74, 6) is -0.372. The molecule has 0 aliphatic carbocycles. The van der Waals surface area contributed by atoms with Gasteiger partial charge in [-0.15, -0.1) is 0 Å². The Kier molecular flexibility index (Phi) is 6.31. The number of aromatic nitrogens is 2. The summed E-state index contributed by atoms with van der Waals surface area (Å²) >= 11 is 11.8. The molecule has 144 valence electrons. The van der Waals surface area contributed by atoms with Gasteiger partial charge in [0.05, 0.1) is 15.8 Å². The number of anilines is 1. The number of amides is 1.